The Labute approximate surface area is 177 Å². The van der Waals surface area contributed by atoms with Crippen LogP contribution < -0.4 is 9.62 Å². The van der Waals surface area contributed by atoms with Crippen LogP contribution in [-0.4, -0.2) is 20.9 Å². The van der Waals surface area contributed by atoms with Gasteiger partial charge in [0.1, 0.15) is 0 Å². The molecule has 9 heteroatoms. The van der Waals surface area contributed by atoms with Gasteiger partial charge in [0, 0.05) is 17.8 Å². The zero-order valence-electron chi connectivity index (χ0n) is 16.1. The molecule has 0 saturated carbocycles. The molecule has 0 saturated heterocycles. The van der Waals surface area contributed by atoms with E-state index in [-0.39, 0.29) is 22.7 Å². The number of anilines is 2. The highest BCUT2D eigenvalue weighted by Crippen LogP contribution is 2.34. The summed E-state index contributed by atoms with van der Waals surface area (Å²) in [6.07, 6.45) is -4.09. The first kappa shape index (κ1) is 20.9. The minimum absolute atomic E-state index is 0.0219. The molecule has 31 heavy (non-hydrogen) atoms. The van der Waals surface area contributed by atoms with Gasteiger partial charge in [-0.1, -0.05) is 24.3 Å². The lowest BCUT2D eigenvalue weighted by Crippen LogP contribution is -2.29. The van der Waals surface area contributed by atoms with Crippen LogP contribution in [0.2, 0.25) is 0 Å². The maximum atomic E-state index is 12.9. The number of benzene rings is 3. The fourth-order valence-corrected chi connectivity index (χ4v) is 4.98. The number of hydrogen-bond acceptors (Lipinski definition) is 3. The summed E-state index contributed by atoms with van der Waals surface area (Å²) < 4.78 is 65.8. The Morgan fingerprint density at radius 3 is 2.39 bits per heavy atom. The lowest BCUT2D eigenvalue weighted by molar-refractivity contribution is -0.137. The van der Waals surface area contributed by atoms with Crippen LogP contribution in [0, 0.1) is 0 Å². The van der Waals surface area contributed by atoms with Gasteiger partial charge in [-0.15, -0.1) is 0 Å². The van der Waals surface area contributed by atoms with Crippen LogP contribution in [0.15, 0.2) is 77.7 Å². The maximum Gasteiger partial charge on any atom is 0.416 e. The van der Waals surface area contributed by atoms with E-state index in [9.17, 15) is 26.4 Å². The number of hydrogen-bond donors (Lipinski definition) is 1. The summed E-state index contributed by atoms with van der Waals surface area (Å²) in [6.45, 7) is 0.241. The minimum atomic E-state index is -4.51. The number of nitrogens with zero attached hydrogens (tertiary/aromatic N) is 1. The van der Waals surface area contributed by atoms with Crippen LogP contribution in [0.4, 0.5) is 24.5 Å². The summed E-state index contributed by atoms with van der Waals surface area (Å²) in [5, 5.41) is 2.46. The Bertz CT molecular complexity index is 1240. The minimum Gasteiger partial charge on any atom is -0.322 e. The molecule has 0 aliphatic carbocycles. The molecule has 160 valence electrons. The van der Waals surface area contributed by atoms with Crippen molar-refractivity contribution in [2.75, 3.05) is 16.2 Å². The van der Waals surface area contributed by atoms with Crippen molar-refractivity contribution >= 4 is 27.3 Å². The molecule has 0 aromatic heterocycles. The molecule has 0 fully saturated rings. The SMILES string of the molecule is O=C(Nc1cccc(C(F)(F)F)c1)c1ccc2c(c1)CCN2S(=O)(=O)c1ccccc1. The van der Waals surface area contributed by atoms with Gasteiger partial charge in [0.25, 0.3) is 15.9 Å². The van der Waals surface area contributed by atoms with E-state index in [0.717, 1.165) is 12.1 Å². The number of sulfonamides is 1. The summed E-state index contributed by atoms with van der Waals surface area (Å²) in [6, 6.07) is 17.0. The second kappa shape index (κ2) is 7.73. The average Bonchev–Trinajstić information content (AvgIpc) is 3.18. The largest absolute Gasteiger partial charge is 0.416 e. The van der Waals surface area contributed by atoms with E-state index < -0.39 is 27.7 Å². The third-order valence-corrected chi connectivity index (χ3v) is 6.80. The molecular formula is C22H17F3N2O3S. The van der Waals surface area contributed by atoms with Gasteiger partial charge >= 0.3 is 6.18 Å². The molecule has 0 spiro atoms. The lowest BCUT2D eigenvalue weighted by atomic mass is 10.1. The summed E-state index contributed by atoms with van der Waals surface area (Å²) in [4.78, 5) is 12.7. The topological polar surface area (TPSA) is 66.5 Å². The Kier molecular flexibility index (Phi) is 5.22. The molecule has 3 aromatic carbocycles. The van der Waals surface area contributed by atoms with Crippen LogP contribution in [-0.2, 0) is 22.6 Å². The number of carbonyl (C=O) groups excluding carboxylic acids is 1. The van der Waals surface area contributed by atoms with E-state index in [1.807, 2.05) is 0 Å². The number of fused-ring (bicyclic) bond motifs is 1. The first-order valence-corrected chi connectivity index (χ1v) is 10.8. The summed E-state index contributed by atoms with van der Waals surface area (Å²) in [7, 11) is -3.73. The number of rotatable bonds is 4. The smallest absolute Gasteiger partial charge is 0.322 e. The van der Waals surface area contributed by atoms with Crippen LogP contribution in [0.25, 0.3) is 0 Å². The predicted molar refractivity (Wildman–Crippen MR) is 111 cm³/mol. The Balaban J connectivity index is 1.57. The van der Waals surface area contributed by atoms with Crippen molar-refractivity contribution in [1.29, 1.82) is 0 Å². The third-order valence-electron chi connectivity index (χ3n) is 4.97. The molecule has 0 bridgehead atoms. The second-order valence-electron chi connectivity index (χ2n) is 7.02. The Morgan fingerprint density at radius 1 is 0.935 bits per heavy atom. The molecule has 0 atom stereocenters. The van der Waals surface area contributed by atoms with Crippen molar-refractivity contribution < 1.29 is 26.4 Å². The van der Waals surface area contributed by atoms with Crippen molar-refractivity contribution in [1.82, 2.24) is 0 Å². The third kappa shape index (κ3) is 4.13. The summed E-state index contributed by atoms with van der Waals surface area (Å²) in [5.74, 6) is -0.577. The summed E-state index contributed by atoms with van der Waals surface area (Å²) in [5.41, 5.74) is 0.556. The van der Waals surface area contributed by atoms with Crippen molar-refractivity contribution in [3.63, 3.8) is 0 Å². The lowest BCUT2D eigenvalue weighted by Gasteiger charge is -2.19. The number of carbonyl (C=O) groups is 1. The van der Waals surface area contributed by atoms with Gasteiger partial charge < -0.3 is 5.32 Å². The number of amides is 1. The maximum absolute atomic E-state index is 12.9. The first-order chi connectivity index (χ1) is 14.7. The molecule has 0 unspecified atom stereocenters. The van der Waals surface area contributed by atoms with E-state index >= 15 is 0 Å². The fourth-order valence-electron chi connectivity index (χ4n) is 3.46. The van der Waals surface area contributed by atoms with E-state index in [1.54, 1.807) is 30.3 Å². The average molecular weight is 446 g/mol. The van der Waals surface area contributed by atoms with E-state index in [1.165, 1.54) is 34.6 Å². The van der Waals surface area contributed by atoms with Gasteiger partial charge in [-0.2, -0.15) is 13.2 Å². The van der Waals surface area contributed by atoms with Crippen LogP contribution in [0.3, 0.4) is 0 Å². The highest BCUT2D eigenvalue weighted by Gasteiger charge is 2.32. The van der Waals surface area contributed by atoms with Crippen molar-refractivity contribution in [2.24, 2.45) is 0 Å². The first-order valence-electron chi connectivity index (χ1n) is 9.35. The van der Waals surface area contributed by atoms with Crippen LogP contribution in [0.1, 0.15) is 21.5 Å². The number of halogens is 3. The van der Waals surface area contributed by atoms with Gasteiger partial charge in [0.2, 0.25) is 0 Å². The van der Waals surface area contributed by atoms with Gasteiger partial charge in [-0.25, -0.2) is 8.42 Å². The molecule has 1 amide bonds. The molecule has 1 N–H and O–H groups in total. The fraction of sp³-hybridized carbons (Fsp3) is 0.136. The standard InChI is InChI=1S/C22H17F3N2O3S/c23-22(24,25)17-5-4-6-18(14-17)26-21(28)16-9-10-20-15(13-16)11-12-27(20)31(29,30)19-7-2-1-3-8-19/h1-10,13-14H,11-12H2,(H,26,28). The van der Waals surface area contributed by atoms with Crippen molar-refractivity contribution in [2.45, 2.75) is 17.5 Å². The van der Waals surface area contributed by atoms with Crippen molar-refractivity contribution in [3.05, 3.63) is 89.5 Å². The van der Waals surface area contributed by atoms with Crippen molar-refractivity contribution in [3.8, 4) is 0 Å². The van der Waals surface area contributed by atoms with Gasteiger partial charge in [-0.05, 0) is 60.5 Å². The molecule has 5 nitrogen and oxygen atoms in total. The molecule has 1 aliphatic rings. The number of alkyl halides is 3. The summed E-state index contributed by atoms with van der Waals surface area (Å²) >= 11 is 0. The van der Waals surface area contributed by atoms with E-state index in [2.05, 4.69) is 5.32 Å². The van der Waals surface area contributed by atoms with Crippen LogP contribution >= 0.6 is 0 Å². The Hall–Kier alpha value is -3.33. The zero-order valence-corrected chi connectivity index (χ0v) is 16.9. The van der Waals surface area contributed by atoms with Gasteiger partial charge in [0.15, 0.2) is 0 Å². The van der Waals surface area contributed by atoms with E-state index in [4.69, 9.17) is 0 Å². The number of nitrogens with one attached hydrogen (secondary N) is 1. The second-order valence-corrected chi connectivity index (χ2v) is 8.88. The molecule has 4 rings (SSSR count). The monoisotopic (exact) mass is 446 g/mol. The Morgan fingerprint density at radius 2 is 1.68 bits per heavy atom. The molecule has 1 aliphatic heterocycles. The van der Waals surface area contributed by atoms with Gasteiger partial charge in [-0.3, -0.25) is 9.10 Å². The van der Waals surface area contributed by atoms with E-state index in [0.29, 0.717) is 17.7 Å². The quantitative estimate of drug-likeness (QED) is 0.631. The zero-order chi connectivity index (χ0) is 22.2. The molecule has 1 heterocycles. The molecule has 0 radical (unpaired) electrons. The predicted octanol–water partition coefficient (Wildman–Crippen LogP) is 4.71. The molecule has 3 aromatic rings. The molecular weight excluding hydrogens is 429 g/mol. The normalized spacial score (nSPS) is 13.7. The van der Waals surface area contributed by atoms with Crippen LogP contribution in [0.5, 0.6) is 0 Å². The van der Waals surface area contributed by atoms with Gasteiger partial charge in [0.05, 0.1) is 16.1 Å². The highest BCUT2D eigenvalue weighted by molar-refractivity contribution is 7.92. The highest BCUT2D eigenvalue weighted by atomic mass is 32.2.